The monoisotopic (exact) mass is 427 g/mol. The maximum Gasteiger partial charge on any atom is 0.241 e. The smallest absolute Gasteiger partial charge is 0.241 e. The van der Waals surface area contributed by atoms with Gasteiger partial charge in [-0.15, -0.1) is 0 Å². The molecular weight excluding hydrogens is 394 g/mol. The van der Waals surface area contributed by atoms with Crippen LogP contribution in [0.4, 0.5) is 0 Å². The number of hydrogen-bond acceptors (Lipinski definition) is 5. The van der Waals surface area contributed by atoms with Crippen LogP contribution in [0.3, 0.4) is 0 Å². The molecule has 158 valence electrons. The second-order valence-electron chi connectivity index (χ2n) is 7.61. The topological polar surface area (TPSA) is 78.5 Å². The van der Waals surface area contributed by atoms with Crippen LogP contribution in [0.2, 0.25) is 0 Å². The van der Waals surface area contributed by atoms with Crippen molar-refractivity contribution in [2.75, 3.05) is 38.2 Å². The molecular formula is C20H33N3O3S2. The van der Waals surface area contributed by atoms with E-state index in [9.17, 15) is 13.2 Å². The van der Waals surface area contributed by atoms with E-state index in [0.29, 0.717) is 24.6 Å². The molecule has 1 saturated heterocycles. The van der Waals surface area contributed by atoms with Crippen LogP contribution < -0.4 is 10.0 Å². The first-order valence-corrected chi connectivity index (χ1v) is 12.8. The average Bonchev–Trinajstić information content (AvgIpc) is 2.65. The highest BCUT2D eigenvalue weighted by molar-refractivity contribution is 7.98. The molecule has 0 aliphatic carbocycles. The van der Waals surface area contributed by atoms with Gasteiger partial charge in [0.05, 0.1) is 4.90 Å². The average molecular weight is 428 g/mol. The minimum absolute atomic E-state index is 0.183. The maximum absolute atomic E-state index is 12.7. The summed E-state index contributed by atoms with van der Waals surface area (Å²) in [5, 5.41) is 2.92. The van der Waals surface area contributed by atoms with Crippen molar-refractivity contribution < 1.29 is 13.2 Å². The Balaban J connectivity index is 1.93. The summed E-state index contributed by atoms with van der Waals surface area (Å²) in [6.45, 7) is 7.62. The van der Waals surface area contributed by atoms with Gasteiger partial charge in [-0.1, -0.05) is 24.6 Å². The number of likely N-dealkylation sites (tertiary alicyclic amines) is 1. The van der Waals surface area contributed by atoms with Crippen molar-refractivity contribution in [3.63, 3.8) is 0 Å². The third-order valence-electron chi connectivity index (χ3n) is 5.02. The second-order valence-corrected chi connectivity index (χ2v) is 10.3. The summed E-state index contributed by atoms with van der Waals surface area (Å²) >= 11 is 1.59. The third-order valence-corrected chi connectivity index (χ3v) is 7.16. The van der Waals surface area contributed by atoms with Gasteiger partial charge in [0, 0.05) is 19.6 Å². The summed E-state index contributed by atoms with van der Waals surface area (Å²) in [4.78, 5) is 15.2. The summed E-state index contributed by atoms with van der Waals surface area (Å²) < 4.78 is 27.9. The van der Waals surface area contributed by atoms with Gasteiger partial charge < -0.3 is 10.2 Å². The standard InChI is InChI=1S/C20H33N3O3S2/c1-16-6-8-18(9-7-16)28(25,26)22-19(10-14-27-3)20(24)21-11-13-23-12-4-5-17(2)15-23/h6-9,17,19,22H,4-5,10-15H2,1-3H3,(H,21,24). The minimum atomic E-state index is -3.73. The molecule has 2 unspecified atom stereocenters. The number of nitrogens with zero attached hydrogens (tertiary/aromatic N) is 1. The van der Waals surface area contributed by atoms with E-state index in [1.807, 2.05) is 13.2 Å². The molecule has 2 rings (SSSR count). The van der Waals surface area contributed by atoms with E-state index in [0.717, 1.165) is 25.2 Å². The first-order valence-electron chi connectivity index (χ1n) is 9.90. The minimum Gasteiger partial charge on any atom is -0.353 e. The number of nitrogens with one attached hydrogen (secondary N) is 2. The van der Waals surface area contributed by atoms with Gasteiger partial charge in [-0.25, -0.2) is 8.42 Å². The van der Waals surface area contributed by atoms with Crippen LogP contribution in [-0.2, 0) is 14.8 Å². The number of carbonyl (C=O) groups is 1. The van der Waals surface area contributed by atoms with Crippen LogP contribution in [0.5, 0.6) is 0 Å². The number of aryl methyl sites for hydroxylation is 1. The highest BCUT2D eigenvalue weighted by Crippen LogP contribution is 2.15. The molecule has 1 aliphatic rings. The Kier molecular flexibility index (Phi) is 9.27. The maximum atomic E-state index is 12.7. The van der Waals surface area contributed by atoms with Crippen LogP contribution in [0.15, 0.2) is 29.2 Å². The Morgan fingerprint density at radius 2 is 2.04 bits per heavy atom. The predicted molar refractivity (Wildman–Crippen MR) is 116 cm³/mol. The Labute approximate surface area is 173 Å². The molecule has 0 radical (unpaired) electrons. The van der Waals surface area contributed by atoms with Crippen LogP contribution in [0.1, 0.15) is 31.7 Å². The van der Waals surface area contributed by atoms with E-state index in [1.165, 1.54) is 12.8 Å². The van der Waals surface area contributed by atoms with Gasteiger partial charge in [0.25, 0.3) is 0 Å². The zero-order chi connectivity index (χ0) is 20.6. The largest absolute Gasteiger partial charge is 0.353 e. The normalized spacial score (nSPS) is 19.3. The summed E-state index contributed by atoms with van der Waals surface area (Å²) in [6, 6.07) is 5.88. The summed E-state index contributed by atoms with van der Waals surface area (Å²) in [7, 11) is -3.73. The van der Waals surface area contributed by atoms with Crippen molar-refractivity contribution in [2.45, 2.75) is 44.0 Å². The lowest BCUT2D eigenvalue weighted by Crippen LogP contribution is -2.49. The summed E-state index contributed by atoms with van der Waals surface area (Å²) in [6.07, 6.45) is 4.86. The van der Waals surface area contributed by atoms with Crippen molar-refractivity contribution in [2.24, 2.45) is 5.92 Å². The quantitative estimate of drug-likeness (QED) is 0.599. The van der Waals surface area contributed by atoms with Crippen molar-refractivity contribution in [1.29, 1.82) is 0 Å². The lowest BCUT2D eigenvalue weighted by atomic mass is 10.0. The van der Waals surface area contributed by atoms with Crippen molar-refractivity contribution in [1.82, 2.24) is 14.9 Å². The van der Waals surface area contributed by atoms with E-state index in [1.54, 1.807) is 36.0 Å². The number of benzene rings is 1. The van der Waals surface area contributed by atoms with E-state index in [-0.39, 0.29) is 10.8 Å². The van der Waals surface area contributed by atoms with Gasteiger partial charge in [0.15, 0.2) is 0 Å². The molecule has 1 aromatic carbocycles. The highest BCUT2D eigenvalue weighted by Gasteiger charge is 2.25. The second kappa shape index (κ2) is 11.2. The van der Waals surface area contributed by atoms with Crippen molar-refractivity contribution in [3.05, 3.63) is 29.8 Å². The summed E-state index contributed by atoms with van der Waals surface area (Å²) in [5.41, 5.74) is 0.989. The molecule has 0 aromatic heterocycles. The molecule has 1 aromatic rings. The first-order chi connectivity index (χ1) is 13.3. The molecule has 1 heterocycles. The van der Waals surface area contributed by atoms with Gasteiger partial charge in [-0.05, 0) is 62.8 Å². The zero-order valence-corrected chi connectivity index (χ0v) is 18.7. The van der Waals surface area contributed by atoms with Gasteiger partial charge in [0.1, 0.15) is 6.04 Å². The molecule has 28 heavy (non-hydrogen) atoms. The molecule has 1 aliphatic heterocycles. The van der Waals surface area contributed by atoms with Gasteiger partial charge in [-0.3, -0.25) is 4.79 Å². The fourth-order valence-electron chi connectivity index (χ4n) is 3.40. The molecule has 2 atom stereocenters. The van der Waals surface area contributed by atoms with Crippen molar-refractivity contribution >= 4 is 27.7 Å². The molecule has 0 saturated carbocycles. The molecule has 8 heteroatoms. The van der Waals surface area contributed by atoms with Gasteiger partial charge >= 0.3 is 0 Å². The van der Waals surface area contributed by atoms with E-state index >= 15 is 0 Å². The zero-order valence-electron chi connectivity index (χ0n) is 17.1. The molecule has 6 nitrogen and oxygen atoms in total. The van der Waals surface area contributed by atoms with Crippen molar-refractivity contribution in [3.8, 4) is 0 Å². The number of hydrogen-bond donors (Lipinski definition) is 2. The number of carbonyl (C=O) groups excluding carboxylic acids is 1. The number of amides is 1. The van der Waals surface area contributed by atoms with E-state index < -0.39 is 16.1 Å². The Morgan fingerprint density at radius 1 is 1.32 bits per heavy atom. The fraction of sp³-hybridized carbons (Fsp3) is 0.650. The number of thioether (sulfide) groups is 1. The third kappa shape index (κ3) is 7.39. The number of sulfonamides is 1. The number of rotatable bonds is 10. The first kappa shape index (κ1) is 23.2. The fourth-order valence-corrected chi connectivity index (χ4v) is 5.10. The van der Waals surface area contributed by atoms with Crippen LogP contribution >= 0.6 is 11.8 Å². The Morgan fingerprint density at radius 3 is 2.68 bits per heavy atom. The molecule has 0 spiro atoms. The van der Waals surface area contributed by atoms with E-state index in [4.69, 9.17) is 0 Å². The lowest BCUT2D eigenvalue weighted by Gasteiger charge is -2.30. The SMILES string of the molecule is CSCCC(NS(=O)(=O)c1ccc(C)cc1)C(=O)NCCN1CCCC(C)C1. The Bertz CT molecular complexity index is 723. The molecule has 2 N–H and O–H groups in total. The predicted octanol–water partition coefficient (Wildman–Crippen LogP) is 2.24. The molecule has 1 amide bonds. The van der Waals surface area contributed by atoms with Crippen LogP contribution in [0.25, 0.3) is 0 Å². The molecule has 1 fully saturated rings. The summed E-state index contributed by atoms with van der Waals surface area (Å²) in [5.74, 6) is 1.15. The lowest BCUT2D eigenvalue weighted by molar-refractivity contribution is -0.122. The Hall–Kier alpha value is -1.09. The van der Waals surface area contributed by atoms with Crippen LogP contribution in [0, 0.1) is 12.8 Å². The van der Waals surface area contributed by atoms with E-state index in [2.05, 4.69) is 21.9 Å². The number of piperidine rings is 1. The van der Waals surface area contributed by atoms with Crippen LogP contribution in [-0.4, -0.2) is 63.5 Å². The highest BCUT2D eigenvalue weighted by atomic mass is 32.2. The molecule has 0 bridgehead atoms. The van der Waals surface area contributed by atoms with Gasteiger partial charge in [0.2, 0.25) is 15.9 Å². The van der Waals surface area contributed by atoms with Gasteiger partial charge in [-0.2, -0.15) is 16.5 Å².